The van der Waals surface area contributed by atoms with Gasteiger partial charge in [0.1, 0.15) is 26.9 Å². The van der Waals surface area contributed by atoms with Crippen LogP contribution in [0.2, 0.25) is 5.02 Å². The second-order valence-corrected chi connectivity index (χ2v) is 10.2. The van der Waals surface area contributed by atoms with Crippen molar-refractivity contribution in [2.24, 2.45) is 5.73 Å². The smallest absolute Gasteiger partial charge is 0.433 e. The number of nitrogens with two attached hydrogens (primary N) is 1. The molecule has 1 aromatic carbocycles. The molecule has 0 aliphatic rings. The molecule has 2 amide bonds. The van der Waals surface area contributed by atoms with Gasteiger partial charge in [-0.25, -0.2) is 9.67 Å². The Morgan fingerprint density at radius 3 is 2.69 bits per heavy atom. The Labute approximate surface area is 234 Å². The largest absolute Gasteiger partial charge is 0.470 e. The number of hydrogen-bond donors (Lipinski definition) is 2. The highest BCUT2D eigenvalue weighted by Gasteiger charge is 2.35. The lowest BCUT2D eigenvalue weighted by Crippen LogP contribution is -2.18. The van der Waals surface area contributed by atoms with Crippen LogP contribution in [0, 0.1) is 0 Å². The molecule has 3 N–H and O–H groups in total. The van der Waals surface area contributed by atoms with Crippen LogP contribution in [0.25, 0.3) is 21.5 Å². The number of ether oxygens (including phenoxy) is 1. The number of thiophene rings is 1. The van der Waals surface area contributed by atoms with Crippen molar-refractivity contribution in [3.05, 3.63) is 80.7 Å². The van der Waals surface area contributed by atoms with Gasteiger partial charge in [-0.05, 0) is 58.4 Å². The third-order valence-corrected chi connectivity index (χ3v) is 7.27. The molecule has 0 bridgehead atoms. The number of furan rings is 1. The van der Waals surface area contributed by atoms with Gasteiger partial charge >= 0.3 is 6.18 Å². The summed E-state index contributed by atoms with van der Waals surface area (Å²) in [5.41, 5.74) is 4.13. The van der Waals surface area contributed by atoms with Gasteiger partial charge in [-0.1, -0.05) is 11.6 Å². The first-order chi connectivity index (χ1) is 18.5. The molecule has 5 rings (SSSR count). The van der Waals surface area contributed by atoms with E-state index in [-0.39, 0.29) is 44.5 Å². The number of rotatable bonds is 7. The van der Waals surface area contributed by atoms with Crippen LogP contribution in [0.15, 0.2) is 63.8 Å². The van der Waals surface area contributed by atoms with Gasteiger partial charge in [0.25, 0.3) is 11.8 Å². The molecule has 4 aromatic heterocycles. The van der Waals surface area contributed by atoms with Crippen LogP contribution in [0.1, 0.15) is 25.9 Å². The number of nitrogens with zero attached hydrogens (tertiary/aromatic N) is 3. The Balaban J connectivity index is 1.48. The Kier molecular flexibility index (Phi) is 7.09. The maximum absolute atomic E-state index is 13.6. The molecule has 0 fully saturated rings. The number of hydrogen-bond acceptors (Lipinski definition) is 7. The number of nitrogens with one attached hydrogen (secondary N) is 1. The summed E-state index contributed by atoms with van der Waals surface area (Å²) in [5, 5.41) is 7.32. The van der Waals surface area contributed by atoms with Crippen LogP contribution >= 0.6 is 38.9 Å². The van der Waals surface area contributed by atoms with Crippen molar-refractivity contribution >= 4 is 66.6 Å². The van der Waals surface area contributed by atoms with E-state index in [0.29, 0.717) is 26.6 Å². The van der Waals surface area contributed by atoms with Crippen LogP contribution < -0.4 is 15.8 Å². The minimum absolute atomic E-state index is 0.0242. The predicted molar refractivity (Wildman–Crippen MR) is 141 cm³/mol. The van der Waals surface area contributed by atoms with Crippen molar-refractivity contribution in [2.75, 3.05) is 5.32 Å². The Bertz CT molecular complexity index is 1720. The van der Waals surface area contributed by atoms with E-state index in [1.54, 1.807) is 18.2 Å². The van der Waals surface area contributed by atoms with Gasteiger partial charge in [0.2, 0.25) is 0 Å². The van der Waals surface area contributed by atoms with Gasteiger partial charge in [0.05, 0.1) is 16.4 Å². The molecule has 5 aromatic rings. The number of halogens is 5. The number of pyridine rings is 1. The maximum atomic E-state index is 13.6. The van der Waals surface area contributed by atoms with Gasteiger partial charge in [0, 0.05) is 22.2 Å². The fourth-order valence-electron chi connectivity index (χ4n) is 3.62. The molecule has 0 atom stereocenters. The van der Waals surface area contributed by atoms with E-state index >= 15 is 0 Å². The fraction of sp³-hybridized carbons (Fsp3) is 0.0833. The molecule has 0 spiro atoms. The Morgan fingerprint density at radius 1 is 1.23 bits per heavy atom. The van der Waals surface area contributed by atoms with Crippen LogP contribution in [-0.2, 0) is 12.9 Å². The predicted octanol–water partition coefficient (Wildman–Crippen LogP) is 6.58. The number of anilines is 1. The molecule has 0 radical (unpaired) electrons. The van der Waals surface area contributed by atoms with Gasteiger partial charge in [-0.3, -0.25) is 9.59 Å². The minimum Gasteiger partial charge on any atom is -0.470 e. The summed E-state index contributed by atoms with van der Waals surface area (Å²) in [6.45, 7) is -0.0474. The highest BCUT2D eigenvalue weighted by atomic mass is 79.9. The summed E-state index contributed by atoms with van der Waals surface area (Å²) in [6.07, 6.45) is -2.00. The van der Waals surface area contributed by atoms with Gasteiger partial charge in [-0.15, -0.1) is 11.3 Å². The summed E-state index contributed by atoms with van der Waals surface area (Å²) >= 11 is 9.89. The number of primary amides is 1. The highest BCUT2D eigenvalue weighted by Crippen LogP contribution is 2.43. The van der Waals surface area contributed by atoms with Gasteiger partial charge in [-0.2, -0.15) is 18.3 Å². The van der Waals surface area contributed by atoms with Crippen molar-refractivity contribution in [1.29, 1.82) is 0 Å². The third-order valence-electron chi connectivity index (χ3n) is 5.32. The van der Waals surface area contributed by atoms with Crippen molar-refractivity contribution in [3.8, 4) is 17.1 Å². The summed E-state index contributed by atoms with van der Waals surface area (Å²) < 4.78 is 53.7. The molecule has 0 saturated carbocycles. The van der Waals surface area contributed by atoms with Crippen molar-refractivity contribution in [3.63, 3.8) is 0 Å². The van der Waals surface area contributed by atoms with E-state index in [4.69, 9.17) is 26.5 Å². The normalized spacial score (nSPS) is 11.6. The molecule has 0 aliphatic heterocycles. The average molecular weight is 641 g/mol. The van der Waals surface area contributed by atoms with Crippen molar-refractivity contribution < 1.29 is 31.9 Å². The summed E-state index contributed by atoms with van der Waals surface area (Å²) in [6, 6.07) is 10.1. The lowest BCUT2D eigenvalue weighted by atomic mass is 10.1. The van der Waals surface area contributed by atoms with E-state index in [1.807, 2.05) is 0 Å². The first-order valence-corrected chi connectivity index (χ1v) is 12.8. The van der Waals surface area contributed by atoms with E-state index in [0.717, 1.165) is 6.07 Å². The van der Waals surface area contributed by atoms with Gasteiger partial charge in [0.15, 0.2) is 12.4 Å². The molecular formula is C24H14BrClF3N5O4S. The molecule has 0 unspecified atom stereocenters. The summed E-state index contributed by atoms with van der Waals surface area (Å²) in [7, 11) is 0. The average Bonchev–Trinajstić information content (AvgIpc) is 3.63. The van der Waals surface area contributed by atoms with Crippen LogP contribution in [0.3, 0.4) is 0 Å². The summed E-state index contributed by atoms with van der Waals surface area (Å²) in [4.78, 5) is 28.7. The SMILES string of the molecule is NC(=O)c1sc2nc(C(F)(F)F)cc(-c3ccco3)c2c1NC(=O)c1ccn(COc2ccc(Cl)cc2Br)n1. The highest BCUT2D eigenvalue weighted by molar-refractivity contribution is 9.10. The molecule has 0 saturated heterocycles. The van der Waals surface area contributed by atoms with E-state index in [2.05, 4.69) is 31.3 Å². The number of alkyl halides is 3. The number of fused-ring (bicyclic) bond motifs is 1. The standard InChI is InChI=1S/C24H14BrClF3N5O4S/c25-13-8-11(26)3-4-16(13)38-10-34-6-5-14(33-34)22(36)32-19-18-12(15-2-1-7-37-15)9-17(24(27,28)29)31-23(18)39-20(19)21(30)35/h1-9H,10H2,(H2,30,35)(H,32,36). The second kappa shape index (κ2) is 10.4. The molecular weight excluding hydrogens is 627 g/mol. The number of carbonyl (C=O) groups is 2. The third kappa shape index (κ3) is 5.48. The molecule has 200 valence electrons. The number of carbonyl (C=O) groups excluding carboxylic acids is 2. The quantitative estimate of drug-likeness (QED) is 0.207. The van der Waals surface area contributed by atoms with Crippen LogP contribution in [0.4, 0.5) is 18.9 Å². The number of benzene rings is 1. The first-order valence-electron chi connectivity index (χ1n) is 10.8. The molecule has 0 aliphatic carbocycles. The second-order valence-electron chi connectivity index (χ2n) is 7.92. The van der Waals surface area contributed by atoms with Crippen molar-refractivity contribution in [2.45, 2.75) is 12.9 Å². The van der Waals surface area contributed by atoms with Crippen LogP contribution in [0.5, 0.6) is 5.75 Å². The number of aromatic nitrogens is 3. The maximum Gasteiger partial charge on any atom is 0.433 e. The molecule has 4 heterocycles. The Morgan fingerprint density at radius 2 is 2.03 bits per heavy atom. The van der Waals surface area contributed by atoms with Crippen molar-refractivity contribution in [1.82, 2.24) is 14.8 Å². The Hall–Kier alpha value is -3.88. The zero-order valence-corrected chi connectivity index (χ0v) is 22.4. The monoisotopic (exact) mass is 639 g/mol. The lowest BCUT2D eigenvalue weighted by molar-refractivity contribution is -0.140. The zero-order chi connectivity index (χ0) is 27.9. The summed E-state index contributed by atoms with van der Waals surface area (Å²) in [5.74, 6) is -1.13. The van der Waals surface area contributed by atoms with E-state index in [9.17, 15) is 22.8 Å². The minimum atomic E-state index is -4.77. The topological polar surface area (TPSA) is 125 Å². The van der Waals surface area contributed by atoms with E-state index in [1.165, 1.54) is 35.3 Å². The lowest BCUT2D eigenvalue weighted by Gasteiger charge is -2.10. The number of amides is 2. The van der Waals surface area contributed by atoms with E-state index < -0.39 is 23.7 Å². The van der Waals surface area contributed by atoms with Gasteiger partial charge < -0.3 is 20.2 Å². The first kappa shape index (κ1) is 26.7. The van der Waals surface area contributed by atoms with Crippen LogP contribution in [-0.4, -0.2) is 26.6 Å². The molecule has 15 heteroatoms. The molecule has 9 nitrogen and oxygen atoms in total. The fourth-order valence-corrected chi connectivity index (χ4v) is 5.43. The molecule has 39 heavy (non-hydrogen) atoms. The zero-order valence-electron chi connectivity index (χ0n) is 19.3.